The summed E-state index contributed by atoms with van der Waals surface area (Å²) in [4.78, 5) is 10.2. The summed E-state index contributed by atoms with van der Waals surface area (Å²) >= 11 is 0. The number of hydrogen-bond donors (Lipinski definition) is 2. The zero-order valence-electron chi connectivity index (χ0n) is 7.57. The maximum Gasteiger partial charge on any atom is 0.307 e. The van der Waals surface area contributed by atoms with Crippen molar-refractivity contribution in [1.29, 1.82) is 0 Å². The van der Waals surface area contributed by atoms with Gasteiger partial charge >= 0.3 is 5.97 Å². The van der Waals surface area contributed by atoms with Gasteiger partial charge in [0, 0.05) is 6.04 Å². The zero-order valence-corrected chi connectivity index (χ0v) is 7.57. The van der Waals surface area contributed by atoms with Crippen molar-refractivity contribution >= 4 is 5.97 Å². The van der Waals surface area contributed by atoms with Gasteiger partial charge in [0.05, 0.1) is 6.42 Å². The molecule has 0 bridgehead atoms. The maximum absolute atomic E-state index is 10.2. The van der Waals surface area contributed by atoms with Crippen LogP contribution in [0.25, 0.3) is 0 Å². The van der Waals surface area contributed by atoms with Gasteiger partial charge in [-0.1, -0.05) is 23.8 Å². The Hall–Kier alpha value is -1.09. The molecular formula is C10H15NO2. The van der Waals surface area contributed by atoms with Crippen LogP contribution in [0.5, 0.6) is 0 Å². The fourth-order valence-electron chi connectivity index (χ4n) is 1.42. The lowest BCUT2D eigenvalue weighted by Gasteiger charge is -2.16. The molecule has 0 amide bonds. The van der Waals surface area contributed by atoms with E-state index >= 15 is 0 Å². The van der Waals surface area contributed by atoms with Crippen molar-refractivity contribution in [3.05, 3.63) is 23.8 Å². The van der Waals surface area contributed by atoms with Crippen molar-refractivity contribution in [2.45, 2.75) is 31.7 Å². The van der Waals surface area contributed by atoms with Crippen LogP contribution >= 0.6 is 0 Å². The molecular weight excluding hydrogens is 166 g/mol. The Balaban J connectivity index is 2.39. The molecule has 0 saturated carbocycles. The smallest absolute Gasteiger partial charge is 0.307 e. The minimum absolute atomic E-state index is 0.0899. The Labute approximate surface area is 77.9 Å². The van der Waals surface area contributed by atoms with E-state index in [-0.39, 0.29) is 12.5 Å². The number of aliphatic carboxylic acids is 1. The molecule has 0 spiro atoms. The molecule has 1 unspecified atom stereocenters. The lowest BCUT2D eigenvalue weighted by atomic mass is 9.95. The Morgan fingerprint density at radius 3 is 3.15 bits per heavy atom. The first-order valence-electron chi connectivity index (χ1n) is 4.51. The minimum atomic E-state index is -0.794. The molecule has 1 rings (SSSR count). The molecule has 0 heterocycles. The summed E-state index contributed by atoms with van der Waals surface area (Å²) in [5.74, 6) is -0.794. The van der Waals surface area contributed by atoms with Crippen molar-refractivity contribution in [3.63, 3.8) is 0 Å². The number of allylic oxidation sites excluding steroid dienone is 2. The summed E-state index contributed by atoms with van der Waals surface area (Å²) in [6.07, 6.45) is 8.67. The highest BCUT2D eigenvalue weighted by Crippen LogP contribution is 2.17. The van der Waals surface area contributed by atoms with Crippen LogP contribution in [-0.4, -0.2) is 17.1 Å². The van der Waals surface area contributed by atoms with E-state index in [0.29, 0.717) is 0 Å². The third-order valence-electron chi connectivity index (χ3n) is 2.07. The van der Waals surface area contributed by atoms with Gasteiger partial charge in [-0.2, -0.15) is 0 Å². The number of rotatable bonds is 3. The third kappa shape index (κ3) is 3.90. The minimum Gasteiger partial charge on any atom is -0.481 e. The number of nitrogens with two attached hydrogens (primary N) is 1. The van der Waals surface area contributed by atoms with Gasteiger partial charge in [0.1, 0.15) is 0 Å². The molecule has 72 valence electrons. The topological polar surface area (TPSA) is 63.3 Å². The Morgan fingerprint density at radius 1 is 1.77 bits per heavy atom. The standard InChI is InChI=1S/C10H15NO2/c11-9-5-1-3-8(7-9)4-2-6-10(12)13/h2-4,9H,1,5-7,11H2,(H,12,13)/b4-2+. The molecule has 3 nitrogen and oxygen atoms in total. The summed E-state index contributed by atoms with van der Waals surface area (Å²) in [6, 6.07) is 0.245. The van der Waals surface area contributed by atoms with Crippen LogP contribution in [0.4, 0.5) is 0 Å². The first-order valence-corrected chi connectivity index (χ1v) is 4.51. The molecule has 0 aliphatic heterocycles. The summed E-state index contributed by atoms with van der Waals surface area (Å²) in [5.41, 5.74) is 6.93. The van der Waals surface area contributed by atoms with Gasteiger partial charge in [-0.15, -0.1) is 0 Å². The molecule has 1 aliphatic carbocycles. The van der Waals surface area contributed by atoms with E-state index in [9.17, 15) is 4.79 Å². The predicted octanol–water partition coefficient (Wildman–Crippen LogP) is 1.45. The lowest BCUT2D eigenvalue weighted by molar-refractivity contribution is -0.135. The van der Waals surface area contributed by atoms with Gasteiger partial charge in [0.25, 0.3) is 0 Å². The fourth-order valence-corrected chi connectivity index (χ4v) is 1.42. The largest absolute Gasteiger partial charge is 0.481 e. The monoisotopic (exact) mass is 181 g/mol. The van der Waals surface area contributed by atoms with Crippen molar-refractivity contribution in [1.82, 2.24) is 0 Å². The molecule has 0 aromatic rings. The average Bonchev–Trinajstić information content (AvgIpc) is 2.03. The second-order valence-corrected chi connectivity index (χ2v) is 3.32. The second-order valence-electron chi connectivity index (χ2n) is 3.32. The molecule has 13 heavy (non-hydrogen) atoms. The molecule has 0 fully saturated rings. The molecule has 0 saturated heterocycles. The fraction of sp³-hybridized carbons (Fsp3) is 0.500. The highest BCUT2D eigenvalue weighted by atomic mass is 16.4. The summed E-state index contributed by atoms with van der Waals surface area (Å²) in [5, 5.41) is 8.40. The van der Waals surface area contributed by atoms with Gasteiger partial charge in [0.2, 0.25) is 0 Å². The van der Waals surface area contributed by atoms with Crippen LogP contribution in [0.1, 0.15) is 25.7 Å². The van der Waals surface area contributed by atoms with E-state index in [0.717, 1.165) is 19.3 Å². The van der Waals surface area contributed by atoms with E-state index in [1.807, 2.05) is 6.08 Å². The highest BCUT2D eigenvalue weighted by Gasteiger charge is 2.08. The maximum atomic E-state index is 10.2. The zero-order chi connectivity index (χ0) is 9.68. The number of carboxylic acid groups (broad SMARTS) is 1. The molecule has 3 heteroatoms. The van der Waals surface area contributed by atoms with E-state index in [1.165, 1.54) is 5.57 Å². The molecule has 1 atom stereocenters. The van der Waals surface area contributed by atoms with Crippen molar-refractivity contribution < 1.29 is 9.90 Å². The van der Waals surface area contributed by atoms with Gasteiger partial charge in [-0.3, -0.25) is 4.79 Å². The molecule has 3 N–H and O–H groups in total. The second kappa shape index (κ2) is 4.82. The number of carbonyl (C=O) groups is 1. The first-order chi connectivity index (χ1) is 6.18. The van der Waals surface area contributed by atoms with Gasteiger partial charge in [0.15, 0.2) is 0 Å². The summed E-state index contributed by atoms with van der Waals surface area (Å²) < 4.78 is 0. The van der Waals surface area contributed by atoms with Gasteiger partial charge < -0.3 is 10.8 Å². The van der Waals surface area contributed by atoms with Gasteiger partial charge in [-0.25, -0.2) is 0 Å². The summed E-state index contributed by atoms with van der Waals surface area (Å²) in [7, 11) is 0. The average molecular weight is 181 g/mol. The van der Waals surface area contributed by atoms with Crippen molar-refractivity contribution in [3.8, 4) is 0 Å². The van der Waals surface area contributed by atoms with Crippen LogP contribution in [0.15, 0.2) is 23.8 Å². The van der Waals surface area contributed by atoms with E-state index < -0.39 is 5.97 Å². The Bertz CT molecular complexity index is 243. The van der Waals surface area contributed by atoms with Crippen LogP contribution in [0.2, 0.25) is 0 Å². The third-order valence-corrected chi connectivity index (χ3v) is 2.07. The molecule has 0 aromatic heterocycles. The van der Waals surface area contributed by atoms with Crippen LogP contribution in [0.3, 0.4) is 0 Å². The van der Waals surface area contributed by atoms with Crippen LogP contribution in [-0.2, 0) is 4.79 Å². The van der Waals surface area contributed by atoms with Crippen LogP contribution in [0, 0.1) is 0 Å². The molecule has 0 radical (unpaired) electrons. The van der Waals surface area contributed by atoms with Crippen LogP contribution < -0.4 is 5.73 Å². The Morgan fingerprint density at radius 2 is 2.54 bits per heavy atom. The molecule has 1 aliphatic rings. The normalized spacial score (nSPS) is 23.2. The summed E-state index contributed by atoms with van der Waals surface area (Å²) in [6.45, 7) is 0. The van der Waals surface area contributed by atoms with Crippen molar-refractivity contribution in [2.24, 2.45) is 5.73 Å². The SMILES string of the molecule is NC1CCC=C(/C=C/CC(=O)O)C1. The predicted molar refractivity (Wildman–Crippen MR) is 51.3 cm³/mol. The first kappa shape index (κ1) is 9.99. The lowest BCUT2D eigenvalue weighted by Crippen LogP contribution is -2.22. The van der Waals surface area contributed by atoms with Crippen molar-refractivity contribution in [2.75, 3.05) is 0 Å². The quantitative estimate of drug-likeness (QED) is 0.692. The highest BCUT2D eigenvalue weighted by molar-refractivity contribution is 5.68. The van der Waals surface area contributed by atoms with Gasteiger partial charge in [-0.05, 0) is 19.3 Å². The Kier molecular flexibility index (Phi) is 3.71. The van der Waals surface area contributed by atoms with E-state index in [2.05, 4.69) is 6.08 Å². The number of hydrogen-bond acceptors (Lipinski definition) is 2. The van der Waals surface area contributed by atoms with E-state index in [4.69, 9.17) is 10.8 Å². The number of carboxylic acids is 1. The molecule has 0 aromatic carbocycles. The van der Waals surface area contributed by atoms with E-state index in [1.54, 1.807) is 6.08 Å².